The molecule has 7 atom stereocenters. The van der Waals surface area contributed by atoms with E-state index in [9.17, 15) is 19.8 Å². The second-order valence-electron chi connectivity index (χ2n) is 14.0. The van der Waals surface area contributed by atoms with Crippen molar-refractivity contribution in [3.8, 4) is 0 Å². The van der Waals surface area contributed by atoms with Crippen LogP contribution in [0.25, 0.3) is 0 Å². The molecule has 0 amide bonds. The molecule has 0 aliphatic heterocycles. The van der Waals surface area contributed by atoms with Crippen LogP contribution in [0.5, 0.6) is 0 Å². The van der Waals surface area contributed by atoms with Crippen LogP contribution in [-0.2, 0) is 33.2 Å². The van der Waals surface area contributed by atoms with Crippen molar-refractivity contribution < 1.29 is 43.4 Å². The van der Waals surface area contributed by atoms with Gasteiger partial charge in [-0.15, -0.1) is 0 Å². The molecule has 9 N–H and O–H groups in total. The Labute approximate surface area is 305 Å². The first-order valence-electron chi connectivity index (χ1n) is 18.2. The lowest BCUT2D eigenvalue weighted by Gasteiger charge is -2.30. The van der Waals surface area contributed by atoms with Gasteiger partial charge in [0.1, 0.15) is 41.2 Å². The number of aliphatic hydroxyl groups excluding tert-OH is 1. The van der Waals surface area contributed by atoms with Crippen molar-refractivity contribution in [2.75, 3.05) is 34.0 Å². The molecule has 294 valence electrons. The Morgan fingerprint density at radius 3 is 2.20 bits per heavy atom. The fourth-order valence-corrected chi connectivity index (χ4v) is 5.94. The molecular formula is C35H67BN6O9. The summed E-state index contributed by atoms with van der Waals surface area (Å²) in [4.78, 5) is 30.1. The molecule has 0 aromatic rings. The third-order valence-corrected chi connectivity index (χ3v) is 8.83. The highest BCUT2D eigenvalue weighted by atomic mass is 16.7. The monoisotopic (exact) mass is 727 g/mol. The number of carbonyl (C=O) groups is 2. The molecule has 16 heteroatoms. The molecule has 1 aliphatic rings. The van der Waals surface area contributed by atoms with E-state index in [1.807, 2.05) is 48.5 Å². The molecule has 0 aromatic carbocycles. The summed E-state index contributed by atoms with van der Waals surface area (Å²) >= 11 is 0. The normalized spacial score (nSPS) is 22.3. The van der Waals surface area contributed by atoms with E-state index >= 15 is 0 Å². The highest BCUT2D eigenvalue weighted by Crippen LogP contribution is 2.53. The second-order valence-corrected chi connectivity index (χ2v) is 14.0. The van der Waals surface area contributed by atoms with Crippen LogP contribution in [-0.4, -0.2) is 99.0 Å². The summed E-state index contributed by atoms with van der Waals surface area (Å²) in [5.74, 6) is -0.424. The molecule has 7 unspecified atom stereocenters. The summed E-state index contributed by atoms with van der Waals surface area (Å²) in [6, 6.07) is -1.39. The van der Waals surface area contributed by atoms with Gasteiger partial charge in [0, 0.05) is 31.7 Å². The van der Waals surface area contributed by atoms with E-state index in [1.54, 1.807) is 19.9 Å². The van der Waals surface area contributed by atoms with Gasteiger partial charge in [-0.1, -0.05) is 48.5 Å². The standard InChI is InChI=1S/C35H67BN6O9/c1-12-15-28(43)26(17-21(4)5)41-36(51-42-27(18-22(6)7)34(45)49-14-3)50-20-29(47-10)32(44)35(46)23(8)25(35)19-39-31(24(9)37)33(48-11)40-30(38)16-13-2/h16,21-23,25-27,29,32,39,41-42,44,46H,12-15,17-20,37-38H2,1-11H3/b30-16+,31-24-,40-33+. The second kappa shape index (κ2) is 23.0. The number of nitrogens with zero attached hydrogens (tertiary/aromatic N) is 1. The van der Waals surface area contributed by atoms with Crippen LogP contribution in [0.4, 0.5) is 0 Å². The summed E-state index contributed by atoms with van der Waals surface area (Å²) in [7, 11) is 1.63. The average molecular weight is 727 g/mol. The maximum atomic E-state index is 13.1. The van der Waals surface area contributed by atoms with E-state index in [2.05, 4.69) is 21.0 Å². The van der Waals surface area contributed by atoms with Gasteiger partial charge in [-0.05, 0) is 63.4 Å². The van der Waals surface area contributed by atoms with Gasteiger partial charge >= 0.3 is 13.2 Å². The lowest BCUT2D eigenvalue weighted by molar-refractivity contribution is -0.149. The summed E-state index contributed by atoms with van der Waals surface area (Å²) < 4.78 is 28.3. The zero-order valence-corrected chi connectivity index (χ0v) is 32.8. The maximum absolute atomic E-state index is 13.1. The van der Waals surface area contributed by atoms with Gasteiger partial charge in [-0.25, -0.2) is 5.48 Å². The molecule has 0 aromatic heterocycles. The van der Waals surface area contributed by atoms with Crippen molar-refractivity contribution >= 4 is 24.9 Å². The molecule has 51 heavy (non-hydrogen) atoms. The Hall–Kier alpha value is -2.73. The van der Waals surface area contributed by atoms with Crippen molar-refractivity contribution in [1.82, 2.24) is 16.0 Å². The number of nitrogens with one attached hydrogen (secondary N) is 3. The Kier molecular flexibility index (Phi) is 20.9. The molecule has 1 rings (SSSR count). The van der Waals surface area contributed by atoms with E-state index in [0.717, 1.165) is 0 Å². The van der Waals surface area contributed by atoms with Crippen molar-refractivity contribution in [2.24, 2.45) is 40.1 Å². The Morgan fingerprint density at radius 2 is 1.69 bits per heavy atom. The number of hydroxylamine groups is 1. The molecule has 15 nitrogen and oxygen atoms in total. The molecule has 0 radical (unpaired) electrons. The third-order valence-electron chi connectivity index (χ3n) is 8.83. The summed E-state index contributed by atoms with van der Waals surface area (Å²) in [5.41, 5.74) is 14.2. The van der Waals surface area contributed by atoms with E-state index in [-0.39, 0.29) is 55.0 Å². The molecule has 0 spiro atoms. The van der Waals surface area contributed by atoms with Crippen LogP contribution in [0.3, 0.4) is 0 Å². The summed E-state index contributed by atoms with van der Waals surface area (Å²) in [6.45, 7) is 17.3. The Morgan fingerprint density at radius 1 is 1.06 bits per heavy atom. The number of methoxy groups -OCH3 is 2. The third kappa shape index (κ3) is 14.7. The number of ketones is 1. The van der Waals surface area contributed by atoms with Gasteiger partial charge in [-0.3, -0.25) is 14.8 Å². The van der Waals surface area contributed by atoms with Crippen molar-refractivity contribution in [3.05, 3.63) is 23.3 Å². The van der Waals surface area contributed by atoms with Gasteiger partial charge in [0.25, 0.3) is 0 Å². The number of aliphatic hydroxyl groups is 2. The van der Waals surface area contributed by atoms with Crippen LogP contribution in [0, 0.1) is 23.7 Å². The quantitative estimate of drug-likeness (QED) is 0.0224. The maximum Gasteiger partial charge on any atom is 0.572 e. The highest BCUT2D eigenvalue weighted by Gasteiger charge is 2.66. The minimum atomic E-state index is -1.54. The van der Waals surface area contributed by atoms with E-state index in [4.69, 9.17) is 35.1 Å². The number of ether oxygens (including phenoxy) is 3. The molecule has 0 bridgehead atoms. The minimum absolute atomic E-state index is 0.000750. The first kappa shape index (κ1) is 46.3. The lowest BCUT2D eigenvalue weighted by Crippen LogP contribution is -2.55. The van der Waals surface area contributed by atoms with Gasteiger partial charge in [-0.2, -0.15) is 4.99 Å². The predicted octanol–water partition coefficient (Wildman–Crippen LogP) is 2.27. The van der Waals surface area contributed by atoms with E-state index in [1.165, 1.54) is 14.2 Å². The summed E-state index contributed by atoms with van der Waals surface area (Å²) in [5, 5.41) is 29.5. The minimum Gasteiger partial charge on any atom is -0.479 e. The molecule has 0 heterocycles. The van der Waals surface area contributed by atoms with Gasteiger partial charge in [0.2, 0.25) is 5.90 Å². The first-order valence-corrected chi connectivity index (χ1v) is 18.2. The molecule has 0 saturated heterocycles. The molecule has 1 aliphatic carbocycles. The zero-order chi connectivity index (χ0) is 38.9. The number of carbonyl (C=O) groups excluding carboxylic acids is 2. The highest BCUT2D eigenvalue weighted by molar-refractivity contribution is 6.41. The zero-order valence-electron chi connectivity index (χ0n) is 32.8. The smallest absolute Gasteiger partial charge is 0.479 e. The van der Waals surface area contributed by atoms with Crippen molar-refractivity contribution in [2.45, 2.75) is 124 Å². The number of nitrogens with two attached hydrogens (primary N) is 2. The number of esters is 1. The number of aliphatic imine (C=N–C) groups is 1. The molecular weight excluding hydrogens is 659 g/mol. The largest absolute Gasteiger partial charge is 0.572 e. The molecule has 1 fully saturated rings. The lowest BCUT2D eigenvalue weighted by atomic mass is 9.93. The SMILES string of the molecule is CC/C=C(N)/N=C(OC)\C(NCC1C(C)C1(O)C(O)C(COB(NC(CC(C)C)C(=O)CCC)ONC(CC(C)C)C(=O)OCC)OC)=C(/C)N. The topological polar surface area (TPSA) is 221 Å². The number of rotatable bonds is 26. The Balaban J connectivity index is 3.20. The first-order chi connectivity index (χ1) is 24.0. The van der Waals surface area contributed by atoms with E-state index in [0.29, 0.717) is 43.5 Å². The predicted molar refractivity (Wildman–Crippen MR) is 198 cm³/mol. The number of allylic oxidation sites excluding steroid dienone is 2. The summed E-state index contributed by atoms with van der Waals surface area (Å²) in [6.07, 6.45) is 2.06. The fraction of sp³-hybridized carbons (Fsp3) is 0.800. The Bertz CT molecular complexity index is 1170. The van der Waals surface area contributed by atoms with Gasteiger partial charge < -0.3 is 50.6 Å². The average Bonchev–Trinajstić information content (AvgIpc) is 3.60. The van der Waals surface area contributed by atoms with Crippen LogP contribution in [0.2, 0.25) is 0 Å². The number of Topliss-reactive ketones (excluding diaryl/α,β-unsaturated/α-hetero) is 1. The van der Waals surface area contributed by atoms with E-state index < -0.39 is 49.0 Å². The number of hydrogen-bond donors (Lipinski definition) is 7. The number of hydrogen-bond acceptors (Lipinski definition) is 15. The fourth-order valence-electron chi connectivity index (χ4n) is 5.94. The van der Waals surface area contributed by atoms with Crippen LogP contribution >= 0.6 is 0 Å². The van der Waals surface area contributed by atoms with Crippen LogP contribution in [0.15, 0.2) is 28.3 Å². The van der Waals surface area contributed by atoms with Crippen molar-refractivity contribution in [3.63, 3.8) is 0 Å². The van der Waals surface area contributed by atoms with Gasteiger partial charge in [0.05, 0.1) is 26.4 Å². The molecule has 1 saturated carbocycles. The van der Waals surface area contributed by atoms with Crippen LogP contribution < -0.4 is 27.5 Å². The van der Waals surface area contributed by atoms with Crippen molar-refractivity contribution in [1.29, 1.82) is 0 Å². The van der Waals surface area contributed by atoms with Gasteiger partial charge in [0.15, 0.2) is 0 Å². The van der Waals surface area contributed by atoms with Crippen LogP contribution in [0.1, 0.15) is 94.4 Å².